The van der Waals surface area contributed by atoms with Gasteiger partial charge in [0.15, 0.2) is 0 Å². The van der Waals surface area contributed by atoms with Gasteiger partial charge < -0.3 is 9.75 Å². The van der Waals surface area contributed by atoms with Gasteiger partial charge in [0.1, 0.15) is 11.4 Å². The van der Waals surface area contributed by atoms with Crippen molar-refractivity contribution in [1.29, 1.82) is 0 Å². The summed E-state index contributed by atoms with van der Waals surface area (Å²) >= 11 is 0. The van der Waals surface area contributed by atoms with E-state index in [9.17, 15) is 0 Å². The largest absolute Gasteiger partial charge is 0.488 e. The zero-order chi connectivity index (χ0) is 12.9. The summed E-state index contributed by atoms with van der Waals surface area (Å²) in [4.78, 5) is 0. The van der Waals surface area contributed by atoms with Crippen LogP contribution in [0.15, 0.2) is 29.4 Å². The molecule has 1 rings (SSSR count). The highest BCUT2D eigenvalue weighted by Gasteiger charge is 2.16. The third kappa shape index (κ3) is 4.89. The summed E-state index contributed by atoms with van der Waals surface area (Å²) in [6, 6.07) is 7.98. The van der Waals surface area contributed by atoms with E-state index in [4.69, 9.17) is 4.74 Å². The fourth-order valence-corrected chi connectivity index (χ4v) is 1.20. The van der Waals surface area contributed by atoms with Crippen LogP contribution in [0.3, 0.4) is 0 Å². The maximum atomic E-state index is 5.88. The first-order valence-corrected chi connectivity index (χ1v) is 5.93. The molecule has 0 spiro atoms. The first kappa shape index (κ1) is 13.6. The van der Waals surface area contributed by atoms with Gasteiger partial charge in [0, 0.05) is 14.1 Å². The maximum absolute atomic E-state index is 5.88. The molecule has 17 heavy (non-hydrogen) atoms. The van der Waals surface area contributed by atoms with Crippen LogP contribution in [0.25, 0.3) is 0 Å². The molecule has 0 amide bonds. The summed E-state index contributed by atoms with van der Waals surface area (Å²) in [5.74, 6) is 0.902. The summed E-state index contributed by atoms with van der Waals surface area (Å²) < 4.78 is 5.88. The van der Waals surface area contributed by atoms with Crippen LogP contribution in [-0.4, -0.2) is 30.9 Å². The first-order chi connectivity index (χ1) is 7.93. The van der Waals surface area contributed by atoms with Gasteiger partial charge in [0.2, 0.25) is 0 Å². The van der Waals surface area contributed by atoms with E-state index in [1.54, 1.807) is 5.01 Å². The van der Waals surface area contributed by atoms with Gasteiger partial charge in [-0.25, -0.2) is 0 Å². The molecule has 94 valence electrons. The Hall–Kier alpha value is -1.51. The summed E-state index contributed by atoms with van der Waals surface area (Å²) in [6.45, 7) is 6.31. The lowest BCUT2D eigenvalue weighted by atomic mass is 10.1. The van der Waals surface area contributed by atoms with Gasteiger partial charge in [-0.15, -0.1) is 0 Å². The Balaban J connectivity index is 2.68. The fourth-order valence-electron chi connectivity index (χ4n) is 1.20. The molecule has 1 aromatic carbocycles. The molecule has 0 atom stereocenters. The van der Waals surface area contributed by atoms with Crippen LogP contribution >= 0.6 is 0 Å². The van der Waals surface area contributed by atoms with Gasteiger partial charge in [0.25, 0.3) is 0 Å². The summed E-state index contributed by atoms with van der Waals surface area (Å²) in [7, 11) is 3.80. The van der Waals surface area contributed by atoms with Crippen LogP contribution in [0.4, 0.5) is 0 Å². The topological polar surface area (TPSA) is 24.8 Å². The highest BCUT2D eigenvalue weighted by molar-refractivity contribution is 5.79. The van der Waals surface area contributed by atoms with Crippen LogP contribution < -0.4 is 4.74 Å². The molecule has 0 fully saturated rings. The number of ether oxygens (including phenoxy) is 1. The Bertz CT molecular complexity index is 366. The molecule has 3 heteroatoms. The molecule has 0 bridgehead atoms. The lowest BCUT2D eigenvalue weighted by Crippen LogP contribution is -2.26. The second-order valence-corrected chi connectivity index (χ2v) is 4.88. The van der Waals surface area contributed by atoms with Crippen molar-refractivity contribution in [2.45, 2.75) is 32.8 Å². The third-order valence-electron chi connectivity index (χ3n) is 2.56. The molecule has 0 aromatic heterocycles. The normalized spacial score (nSPS) is 11.8. The van der Waals surface area contributed by atoms with Gasteiger partial charge >= 0.3 is 0 Å². The molecule has 0 N–H and O–H groups in total. The molecule has 0 saturated carbocycles. The van der Waals surface area contributed by atoms with E-state index in [1.807, 2.05) is 44.6 Å². The molecule has 0 aliphatic heterocycles. The molecule has 0 aliphatic rings. The van der Waals surface area contributed by atoms with Crippen molar-refractivity contribution in [2.24, 2.45) is 5.10 Å². The molecule has 1 aromatic rings. The number of hydrogen-bond donors (Lipinski definition) is 0. The number of benzene rings is 1. The zero-order valence-corrected chi connectivity index (χ0v) is 11.4. The second kappa shape index (κ2) is 5.71. The van der Waals surface area contributed by atoms with Crippen LogP contribution in [-0.2, 0) is 0 Å². The number of rotatable bonds is 5. The smallest absolute Gasteiger partial charge is 0.120 e. The van der Waals surface area contributed by atoms with E-state index in [2.05, 4.69) is 25.9 Å². The predicted molar refractivity (Wildman–Crippen MR) is 72.7 cm³/mol. The van der Waals surface area contributed by atoms with Crippen molar-refractivity contribution < 1.29 is 4.74 Å². The molecule has 0 saturated heterocycles. The van der Waals surface area contributed by atoms with E-state index in [0.717, 1.165) is 17.7 Å². The van der Waals surface area contributed by atoms with Crippen molar-refractivity contribution >= 4 is 6.21 Å². The minimum absolute atomic E-state index is 0.112. The minimum atomic E-state index is -0.112. The quantitative estimate of drug-likeness (QED) is 0.577. The SMILES string of the molecule is CCC(C)(C)Oc1ccc(C=NN(C)C)cc1. The van der Waals surface area contributed by atoms with Gasteiger partial charge in [-0.3, -0.25) is 0 Å². The molecule has 0 heterocycles. The van der Waals surface area contributed by atoms with Crippen molar-refractivity contribution in [3.8, 4) is 5.75 Å². The summed E-state index contributed by atoms with van der Waals surface area (Å²) in [5.41, 5.74) is 0.958. The average molecular weight is 234 g/mol. The Morgan fingerprint density at radius 2 is 1.82 bits per heavy atom. The van der Waals surface area contributed by atoms with Gasteiger partial charge in [-0.05, 0) is 50.1 Å². The standard InChI is InChI=1S/C14H22N2O/c1-6-14(2,3)17-13-9-7-12(8-10-13)11-15-16(4)5/h7-11H,6H2,1-5H3. The second-order valence-electron chi connectivity index (χ2n) is 4.88. The Kier molecular flexibility index (Phi) is 4.55. The summed E-state index contributed by atoms with van der Waals surface area (Å²) in [6.07, 6.45) is 2.81. The highest BCUT2D eigenvalue weighted by Crippen LogP contribution is 2.20. The Morgan fingerprint density at radius 1 is 1.24 bits per heavy atom. The maximum Gasteiger partial charge on any atom is 0.120 e. The minimum Gasteiger partial charge on any atom is -0.488 e. The van der Waals surface area contributed by atoms with E-state index >= 15 is 0 Å². The van der Waals surface area contributed by atoms with Gasteiger partial charge in [0.05, 0.1) is 6.21 Å². The molecule has 0 aliphatic carbocycles. The molecular formula is C14H22N2O. The van der Waals surface area contributed by atoms with Crippen molar-refractivity contribution in [3.05, 3.63) is 29.8 Å². The van der Waals surface area contributed by atoms with Crippen molar-refractivity contribution in [2.75, 3.05) is 14.1 Å². The van der Waals surface area contributed by atoms with Gasteiger partial charge in [-0.1, -0.05) is 6.92 Å². The van der Waals surface area contributed by atoms with Crippen molar-refractivity contribution in [3.63, 3.8) is 0 Å². The average Bonchev–Trinajstić information content (AvgIpc) is 2.28. The zero-order valence-electron chi connectivity index (χ0n) is 11.4. The predicted octanol–water partition coefficient (Wildman–Crippen LogP) is 3.15. The Labute approximate surface area is 104 Å². The van der Waals surface area contributed by atoms with Crippen LogP contribution in [0.2, 0.25) is 0 Å². The molecule has 0 radical (unpaired) electrons. The fraction of sp³-hybridized carbons (Fsp3) is 0.500. The van der Waals surface area contributed by atoms with Crippen LogP contribution in [0, 0.1) is 0 Å². The van der Waals surface area contributed by atoms with E-state index in [-0.39, 0.29) is 5.60 Å². The van der Waals surface area contributed by atoms with E-state index in [1.165, 1.54) is 0 Å². The highest BCUT2D eigenvalue weighted by atomic mass is 16.5. The lowest BCUT2D eigenvalue weighted by Gasteiger charge is -2.24. The molecule has 0 unspecified atom stereocenters. The van der Waals surface area contributed by atoms with Gasteiger partial charge in [-0.2, -0.15) is 5.10 Å². The number of hydrazone groups is 1. The summed E-state index contributed by atoms with van der Waals surface area (Å²) in [5, 5.41) is 5.95. The molecular weight excluding hydrogens is 212 g/mol. The lowest BCUT2D eigenvalue weighted by molar-refractivity contribution is 0.105. The van der Waals surface area contributed by atoms with Crippen LogP contribution in [0.1, 0.15) is 32.8 Å². The first-order valence-electron chi connectivity index (χ1n) is 5.93. The third-order valence-corrected chi connectivity index (χ3v) is 2.56. The Morgan fingerprint density at radius 3 is 2.29 bits per heavy atom. The molecule has 3 nitrogen and oxygen atoms in total. The van der Waals surface area contributed by atoms with E-state index < -0.39 is 0 Å². The van der Waals surface area contributed by atoms with E-state index in [0.29, 0.717) is 0 Å². The number of nitrogens with zero attached hydrogens (tertiary/aromatic N) is 2. The van der Waals surface area contributed by atoms with Crippen molar-refractivity contribution in [1.82, 2.24) is 5.01 Å². The number of hydrogen-bond acceptors (Lipinski definition) is 3. The van der Waals surface area contributed by atoms with Crippen LogP contribution in [0.5, 0.6) is 5.75 Å². The monoisotopic (exact) mass is 234 g/mol.